The van der Waals surface area contributed by atoms with E-state index in [0.717, 1.165) is 31.7 Å². The second kappa shape index (κ2) is 24.6. The summed E-state index contributed by atoms with van der Waals surface area (Å²) in [6, 6.07) is 0.964. The standard InChI is InChI=1S/C36H61NO6Si/c1-11-24-42-36(39)37-28-31(5)19-15-13-14-18-29(3)27-30(4)22-23-34(43-33(7)40-12-2)32(6)20-16-17-21-35(38)41-25-26-44(8,9)10/h11,13-14,16-18,20-22,31-34H,1,12,15,19,23-28H2,2-10H3,(H,37,39)/b14-13+,20-16+,21-17+,29-18+,30-22+/t31-,32-,33?,34-/m0/s1. The van der Waals surface area contributed by atoms with Crippen LogP contribution in [0.1, 0.15) is 67.2 Å². The lowest BCUT2D eigenvalue weighted by Gasteiger charge is -2.25. The van der Waals surface area contributed by atoms with Gasteiger partial charge in [0.05, 0.1) is 12.7 Å². The van der Waals surface area contributed by atoms with Crippen molar-refractivity contribution in [3.05, 3.63) is 72.4 Å². The Morgan fingerprint density at radius 1 is 1.00 bits per heavy atom. The highest BCUT2D eigenvalue weighted by molar-refractivity contribution is 6.76. The highest BCUT2D eigenvalue weighted by Gasteiger charge is 2.18. The maximum absolute atomic E-state index is 12.0. The summed E-state index contributed by atoms with van der Waals surface area (Å²) in [6.45, 7) is 24.6. The summed E-state index contributed by atoms with van der Waals surface area (Å²) < 4.78 is 22.1. The van der Waals surface area contributed by atoms with E-state index in [1.807, 2.05) is 19.9 Å². The van der Waals surface area contributed by atoms with Crippen molar-refractivity contribution in [2.75, 3.05) is 26.4 Å². The molecule has 1 amide bonds. The van der Waals surface area contributed by atoms with E-state index < -0.39 is 14.2 Å². The van der Waals surface area contributed by atoms with Crippen molar-refractivity contribution in [1.29, 1.82) is 0 Å². The Hall–Kier alpha value is -2.68. The monoisotopic (exact) mass is 631 g/mol. The number of amides is 1. The Kier molecular flexibility index (Phi) is 23.1. The van der Waals surface area contributed by atoms with Crippen molar-refractivity contribution in [3.8, 4) is 0 Å². The van der Waals surface area contributed by atoms with Crippen molar-refractivity contribution in [3.63, 3.8) is 0 Å². The topological polar surface area (TPSA) is 83.1 Å². The van der Waals surface area contributed by atoms with Gasteiger partial charge in [-0.15, -0.1) is 0 Å². The molecule has 0 aromatic heterocycles. The molecule has 0 saturated carbocycles. The van der Waals surface area contributed by atoms with Gasteiger partial charge in [0.15, 0.2) is 6.29 Å². The molecule has 250 valence electrons. The van der Waals surface area contributed by atoms with E-state index in [0.29, 0.717) is 25.7 Å². The number of nitrogens with one attached hydrogen (secondary N) is 1. The third-order valence-electron chi connectivity index (χ3n) is 6.74. The van der Waals surface area contributed by atoms with Crippen LogP contribution in [0.4, 0.5) is 4.79 Å². The summed E-state index contributed by atoms with van der Waals surface area (Å²) in [5.41, 5.74) is 2.56. The summed E-state index contributed by atoms with van der Waals surface area (Å²) in [5, 5.41) is 2.78. The largest absolute Gasteiger partial charge is 0.463 e. The van der Waals surface area contributed by atoms with E-state index in [4.69, 9.17) is 18.9 Å². The van der Waals surface area contributed by atoms with E-state index in [2.05, 4.69) is 89.6 Å². The van der Waals surface area contributed by atoms with Crippen molar-refractivity contribution in [1.82, 2.24) is 5.32 Å². The first-order valence-electron chi connectivity index (χ1n) is 16.1. The lowest BCUT2D eigenvalue weighted by atomic mass is 9.98. The van der Waals surface area contributed by atoms with Gasteiger partial charge in [-0.1, -0.05) is 99.8 Å². The minimum Gasteiger partial charge on any atom is -0.463 e. The number of hydrogen-bond acceptors (Lipinski definition) is 6. The van der Waals surface area contributed by atoms with Crippen LogP contribution < -0.4 is 5.32 Å². The summed E-state index contributed by atoms with van der Waals surface area (Å²) in [4.78, 5) is 23.5. The van der Waals surface area contributed by atoms with Gasteiger partial charge in [0.2, 0.25) is 0 Å². The van der Waals surface area contributed by atoms with Crippen LogP contribution in [0.3, 0.4) is 0 Å². The van der Waals surface area contributed by atoms with Gasteiger partial charge >= 0.3 is 12.1 Å². The second-order valence-electron chi connectivity index (χ2n) is 12.6. The zero-order chi connectivity index (χ0) is 33.4. The molecule has 7 nitrogen and oxygen atoms in total. The molecular formula is C36H61NO6Si. The predicted octanol–water partition coefficient (Wildman–Crippen LogP) is 8.94. The zero-order valence-electron chi connectivity index (χ0n) is 29.0. The molecule has 0 bridgehead atoms. The molecule has 0 radical (unpaired) electrons. The average Bonchev–Trinajstić information content (AvgIpc) is 2.94. The molecular weight excluding hydrogens is 570 g/mol. The number of carbonyl (C=O) groups excluding carboxylic acids is 2. The Bertz CT molecular complexity index is 976. The average molecular weight is 632 g/mol. The lowest BCUT2D eigenvalue weighted by molar-refractivity contribution is -0.163. The quantitative estimate of drug-likeness (QED) is 0.0303. The van der Waals surface area contributed by atoms with Crippen LogP contribution in [0.25, 0.3) is 0 Å². The molecule has 4 atom stereocenters. The van der Waals surface area contributed by atoms with Crippen LogP contribution in [0, 0.1) is 11.8 Å². The van der Waals surface area contributed by atoms with Crippen LogP contribution in [0.2, 0.25) is 25.7 Å². The fraction of sp³-hybridized carbons (Fsp3) is 0.611. The minimum atomic E-state index is -1.22. The lowest BCUT2D eigenvalue weighted by Crippen LogP contribution is -2.28. The fourth-order valence-electron chi connectivity index (χ4n) is 4.06. The smallest absolute Gasteiger partial charge is 0.407 e. The van der Waals surface area contributed by atoms with Gasteiger partial charge in [-0.25, -0.2) is 9.59 Å². The third-order valence-corrected chi connectivity index (χ3v) is 8.44. The number of esters is 1. The van der Waals surface area contributed by atoms with E-state index in [1.54, 1.807) is 12.2 Å². The van der Waals surface area contributed by atoms with Gasteiger partial charge in [0, 0.05) is 33.2 Å². The first-order valence-corrected chi connectivity index (χ1v) is 19.8. The molecule has 0 fully saturated rings. The number of rotatable bonds is 23. The van der Waals surface area contributed by atoms with Gasteiger partial charge < -0.3 is 24.3 Å². The molecule has 0 spiro atoms. The Labute approximate surface area is 269 Å². The van der Waals surface area contributed by atoms with Crippen molar-refractivity contribution in [2.45, 2.75) is 105 Å². The van der Waals surface area contributed by atoms with E-state index in [1.165, 1.54) is 17.2 Å². The van der Waals surface area contributed by atoms with Crippen molar-refractivity contribution >= 4 is 20.1 Å². The summed E-state index contributed by atoms with van der Waals surface area (Å²) in [7, 11) is -1.22. The van der Waals surface area contributed by atoms with Crippen LogP contribution >= 0.6 is 0 Å². The van der Waals surface area contributed by atoms with Crippen LogP contribution in [-0.2, 0) is 23.7 Å². The molecule has 0 rings (SSSR count). The molecule has 0 saturated heterocycles. The Balaban J connectivity index is 4.87. The summed E-state index contributed by atoms with van der Waals surface area (Å²) in [5.74, 6) is 0.173. The number of hydrogen-bond donors (Lipinski definition) is 1. The maximum Gasteiger partial charge on any atom is 0.407 e. The maximum atomic E-state index is 12.0. The van der Waals surface area contributed by atoms with Crippen LogP contribution in [0.5, 0.6) is 0 Å². The molecule has 8 heteroatoms. The number of carbonyl (C=O) groups is 2. The number of allylic oxidation sites excluding steroid dienone is 7. The van der Waals surface area contributed by atoms with E-state index in [9.17, 15) is 9.59 Å². The molecule has 0 aliphatic rings. The van der Waals surface area contributed by atoms with Gasteiger partial charge in [0.25, 0.3) is 0 Å². The van der Waals surface area contributed by atoms with Crippen LogP contribution in [-0.4, -0.2) is 58.9 Å². The molecule has 0 heterocycles. The molecule has 1 N–H and O–H groups in total. The van der Waals surface area contributed by atoms with Crippen molar-refractivity contribution in [2.24, 2.45) is 11.8 Å². The summed E-state index contributed by atoms with van der Waals surface area (Å²) in [6.07, 6.45) is 20.2. The molecule has 0 aliphatic heterocycles. The number of ether oxygens (including phenoxy) is 4. The van der Waals surface area contributed by atoms with E-state index in [-0.39, 0.29) is 30.9 Å². The van der Waals surface area contributed by atoms with Gasteiger partial charge in [-0.3, -0.25) is 0 Å². The van der Waals surface area contributed by atoms with Crippen molar-refractivity contribution < 1.29 is 28.5 Å². The predicted molar refractivity (Wildman–Crippen MR) is 186 cm³/mol. The van der Waals surface area contributed by atoms with Gasteiger partial charge in [0.1, 0.15) is 6.61 Å². The summed E-state index contributed by atoms with van der Waals surface area (Å²) >= 11 is 0. The third kappa shape index (κ3) is 24.7. The normalized spacial score (nSPS) is 15.8. The highest BCUT2D eigenvalue weighted by Crippen LogP contribution is 2.20. The molecule has 44 heavy (non-hydrogen) atoms. The zero-order valence-corrected chi connectivity index (χ0v) is 30.0. The molecule has 1 unspecified atom stereocenters. The number of alkyl carbamates (subject to hydrolysis) is 1. The van der Waals surface area contributed by atoms with Gasteiger partial charge in [-0.05, 0) is 65.3 Å². The first-order chi connectivity index (χ1) is 20.8. The Morgan fingerprint density at radius 3 is 2.39 bits per heavy atom. The second-order valence-corrected chi connectivity index (χ2v) is 18.3. The van der Waals surface area contributed by atoms with Gasteiger partial charge in [-0.2, -0.15) is 0 Å². The first kappa shape index (κ1) is 41.3. The van der Waals surface area contributed by atoms with Crippen LogP contribution in [0.15, 0.2) is 72.4 Å². The fourth-order valence-corrected chi connectivity index (χ4v) is 4.77. The minimum absolute atomic E-state index is 0.0654. The molecule has 0 aliphatic carbocycles. The Morgan fingerprint density at radius 2 is 1.73 bits per heavy atom. The molecule has 0 aromatic rings. The highest BCUT2D eigenvalue weighted by atomic mass is 28.3. The SMILES string of the molecule is C=CCOC(=O)NC[C@@H](C)CC/C=C/C=C(\C)C/C(C)=C/C[C@H](OC(C)OCC)[C@@H](C)/C=C/C=C/C(=O)OCC[Si](C)(C)C. The molecule has 0 aromatic carbocycles. The van der Waals surface area contributed by atoms with E-state index >= 15 is 0 Å².